The van der Waals surface area contributed by atoms with Crippen LogP contribution in [-0.2, 0) is 13.0 Å². The minimum atomic E-state index is 0.0684. The van der Waals surface area contributed by atoms with E-state index in [1.165, 1.54) is 0 Å². The van der Waals surface area contributed by atoms with Gasteiger partial charge in [-0.15, -0.1) is 0 Å². The zero-order valence-electron chi connectivity index (χ0n) is 12.8. The number of aromatic nitrogens is 2. The van der Waals surface area contributed by atoms with E-state index in [2.05, 4.69) is 32.3 Å². The van der Waals surface area contributed by atoms with Crippen molar-refractivity contribution in [2.75, 3.05) is 0 Å². The second-order valence-electron chi connectivity index (χ2n) is 6.46. The second-order valence-corrected chi connectivity index (χ2v) is 6.87. The summed E-state index contributed by atoms with van der Waals surface area (Å²) in [4.78, 5) is 4.74. The highest BCUT2D eigenvalue weighted by atomic mass is 35.5. The molecule has 3 nitrogen and oxygen atoms in total. The van der Waals surface area contributed by atoms with Crippen molar-refractivity contribution in [3.05, 3.63) is 29.0 Å². The lowest BCUT2D eigenvalue weighted by atomic mass is 9.85. The number of hydrogen-bond donors (Lipinski definition) is 1. The van der Waals surface area contributed by atoms with Gasteiger partial charge in [0.15, 0.2) is 0 Å². The fourth-order valence-corrected chi connectivity index (χ4v) is 2.58. The summed E-state index contributed by atoms with van der Waals surface area (Å²) in [5.41, 5.74) is 8.38. The van der Waals surface area contributed by atoms with Crippen LogP contribution in [0.5, 0.6) is 0 Å². The van der Waals surface area contributed by atoms with Crippen molar-refractivity contribution < 1.29 is 0 Å². The van der Waals surface area contributed by atoms with Crippen LogP contribution in [0.15, 0.2) is 18.2 Å². The molecule has 1 aromatic heterocycles. The summed E-state index contributed by atoms with van der Waals surface area (Å²) in [7, 11) is 0. The summed E-state index contributed by atoms with van der Waals surface area (Å²) in [5.74, 6) is 1.04. The molecule has 2 N–H and O–H groups in total. The Kier molecular flexibility index (Phi) is 4.40. The molecule has 2 rings (SSSR count). The summed E-state index contributed by atoms with van der Waals surface area (Å²) in [5, 5.41) is 0.763. The smallest absolute Gasteiger partial charge is 0.111 e. The Balaban J connectivity index is 2.47. The summed E-state index contributed by atoms with van der Waals surface area (Å²) >= 11 is 6.35. The first-order chi connectivity index (χ1) is 9.34. The number of halogens is 1. The Morgan fingerprint density at radius 3 is 2.65 bits per heavy atom. The van der Waals surface area contributed by atoms with Crippen LogP contribution in [0.4, 0.5) is 0 Å². The largest absolute Gasteiger partial charge is 0.327 e. The lowest BCUT2D eigenvalue weighted by Gasteiger charge is -2.27. The lowest BCUT2D eigenvalue weighted by Crippen LogP contribution is -2.37. The molecule has 0 spiro atoms. The molecule has 0 saturated heterocycles. The molecule has 0 radical (unpaired) electrons. The quantitative estimate of drug-likeness (QED) is 0.925. The van der Waals surface area contributed by atoms with Gasteiger partial charge >= 0.3 is 0 Å². The van der Waals surface area contributed by atoms with Crippen LogP contribution in [0.2, 0.25) is 5.02 Å². The number of hydrogen-bond acceptors (Lipinski definition) is 2. The molecule has 0 aliphatic rings. The zero-order chi connectivity index (χ0) is 14.9. The first-order valence-electron chi connectivity index (χ1n) is 7.23. The molecule has 110 valence electrons. The van der Waals surface area contributed by atoms with Gasteiger partial charge in [-0.3, -0.25) is 0 Å². The SMILES string of the molecule is CCCn1c(CC(N)C(C)(C)C)nc2cccc(Cl)c21. The molecule has 2 aromatic rings. The number of rotatable bonds is 4. The van der Waals surface area contributed by atoms with Crippen LogP contribution >= 0.6 is 11.6 Å². The molecule has 0 amide bonds. The molecule has 0 saturated carbocycles. The monoisotopic (exact) mass is 293 g/mol. The molecule has 0 aliphatic heterocycles. The normalized spacial score (nSPS) is 13.9. The number of fused-ring (bicyclic) bond motifs is 1. The van der Waals surface area contributed by atoms with Gasteiger partial charge in [0.25, 0.3) is 0 Å². The van der Waals surface area contributed by atoms with Crippen LogP contribution in [0.3, 0.4) is 0 Å². The van der Waals surface area contributed by atoms with E-state index >= 15 is 0 Å². The summed E-state index contributed by atoms with van der Waals surface area (Å²) in [6.45, 7) is 9.58. The standard InChI is InChI=1S/C16H24ClN3/c1-5-9-20-14(10-13(18)16(2,3)4)19-12-8-6-7-11(17)15(12)20/h6-8,13H,5,9-10,18H2,1-4H3. The predicted molar refractivity (Wildman–Crippen MR) is 86.2 cm³/mol. The fourth-order valence-electron chi connectivity index (χ4n) is 2.31. The molecular formula is C16H24ClN3. The van der Waals surface area contributed by atoms with E-state index in [1.54, 1.807) is 0 Å². The number of imidazole rings is 1. The number of nitrogens with two attached hydrogens (primary N) is 1. The van der Waals surface area contributed by atoms with E-state index in [0.29, 0.717) is 0 Å². The summed E-state index contributed by atoms with van der Waals surface area (Å²) in [6, 6.07) is 5.96. The lowest BCUT2D eigenvalue weighted by molar-refractivity contribution is 0.312. The van der Waals surface area contributed by atoms with Crippen molar-refractivity contribution >= 4 is 22.6 Å². The maximum Gasteiger partial charge on any atom is 0.111 e. The fraction of sp³-hybridized carbons (Fsp3) is 0.562. The van der Waals surface area contributed by atoms with Gasteiger partial charge in [-0.1, -0.05) is 45.4 Å². The average Bonchev–Trinajstić information content (AvgIpc) is 2.68. The van der Waals surface area contributed by atoms with Crippen molar-refractivity contribution in [2.45, 2.75) is 53.1 Å². The van der Waals surface area contributed by atoms with E-state index in [9.17, 15) is 0 Å². The Hall–Kier alpha value is -1.06. The van der Waals surface area contributed by atoms with Crippen LogP contribution < -0.4 is 5.73 Å². The van der Waals surface area contributed by atoms with E-state index in [0.717, 1.165) is 41.3 Å². The minimum absolute atomic E-state index is 0.0684. The van der Waals surface area contributed by atoms with Crippen molar-refractivity contribution in [1.82, 2.24) is 9.55 Å². The Labute approximate surface area is 126 Å². The maximum absolute atomic E-state index is 6.35. The Morgan fingerprint density at radius 2 is 2.05 bits per heavy atom. The number of para-hydroxylation sites is 1. The molecule has 20 heavy (non-hydrogen) atoms. The van der Waals surface area contributed by atoms with E-state index in [1.807, 2.05) is 18.2 Å². The number of nitrogens with zero attached hydrogens (tertiary/aromatic N) is 2. The van der Waals surface area contributed by atoms with Gasteiger partial charge in [0.2, 0.25) is 0 Å². The van der Waals surface area contributed by atoms with Crippen molar-refractivity contribution in [3.63, 3.8) is 0 Å². The van der Waals surface area contributed by atoms with Crippen molar-refractivity contribution in [3.8, 4) is 0 Å². The second kappa shape index (κ2) is 5.74. The summed E-state index contributed by atoms with van der Waals surface area (Å²) in [6.07, 6.45) is 1.82. The zero-order valence-corrected chi connectivity index (χ0v) is 13.5. The molecule has 0 bridgehead atoms. The van der Waals surface area contributed by atoms with E-state index in [-0.39, 0.29) is 11.5 Å². The maximum atomic E-state index is 6.35. The number of benzene rings is 1. The molecular weight excluding hydrogens is 270 g/mol. The topological polar surface area (TPSA) is 43.8 Å². The molecule has 0 fully saturated rings. The first kappa shape index (κ1) is 15.3. The third-order valence-electron chi connectivity index (χ3n) is 3.76. The van der Waals surface area contributed by atoms with Gasteiger partial charge in [-0.05, 0) is 24.0 Å². The third-order valence-corrected chi connectivity index (χ3v) is 4.06. The van der Waals surface area contributed by atoms with Gasteiger partial charge in [0.1, 0.15) is 5.82 Å². The van der Waals surface area contributed by atoms with Crippen molar-refractivity contribution in [1.29, 1.82) is 0 Å². The highest BCUT2D eigenvalue weighted by molar-refractivity contribution is 6.35. The molecule has 1 unspecified atom stereocenters. The van der Waals surface area contributed by atoms with Gasteiger partial charge < -0.3 is 10.3 Å². The molecule has 0 aliphatic carbocycles. The Bertz CT molecular complexity index is 596. The Morgan fingerprint density at radius 1 is 1.35 bits per heavy atom. The average molecular weight is 294 g/mol. The van der Waals surface area contributed by atoms with Crippen LogP contribution in [0, 0.1) is 5.41 Å². The van der Waals surface area contributed by atoms with E-state index in [4.69, 9.17) is 22.3 Å². The van der Waals surface area contributed by atoms with Gasteiger partial charge in [-0.2, -0.15) is 0 Å². The van der Waals surface area contributed by atoms with Gasteiger partial charge in [-0.25, -0.2) is 4.98 Å². The van der Waals surface area contributed by atoms with E-state index < -0.39 is 0 Å². The van der Waals surface area contributed by atoms with Crippen LogP contribution in [-0.4, -0.2) is 15.6 Å². The molecule has 4 heteroatoms. The highest BCUT2D eigenvalue weighted by Gasteiger charge is 2.23. The van der Waals surface area contributed by atoms with Crippen LogP contribution in [0.1, 0.15) is 39.9 Å². The van der Waals surface area contributed by atoms with Crippen molar-refractivity contribution in [2.24, 2.45) is 11.1 Å². The van der Waals surface area contributed by atoms with Gasteiger partial charge in [0, 0.05) is 19.0 Å². The first-order valence-corrected chi connectivity index (χ1v) is 7.61. The van der Waals surface area contributed by atoms with Crippen LogP contribution in [0.25, 0.3) is 11.0 Å². The molecule has 1 atom stereocenters. The predicted octanol–water partition coefficient (Wildman–Crippen LogP) is 4.02. The summed E-state index contributed by atoms with van der Waals surface area (Å²) < 4.78 is 2.23. The van der Waals surface area contributed by atoms with Gasteiger partial charge in [0.05, 0.1) is 16.1 Å². The number of aryl methyl sites for hydroxylation is 1. The minimum Gasteiger partial charge on any atom is -0.327 e. The highest BCUT2D eigenvalue weighted by Crippen LogP contribution is 2.27. The molecule has 1 heterocycles. The third kappa shape index (κ3) is 2.99. The molecule has 1 aromatic carbocycles.